The summed E-state index contributed by atoms with van der Waals surface area (Å²) in [5.74, 6) is 0.354. The third kappa shape index (κ3) is 5.05. The molecule has 0 radical (unpaired) electrons. The summed E-state index contributed by atoms with van der Waals surface area (Å²) < 4.78 is 4.84. The van der Waals surface area contributed by atoms with Crippen LogP contribution in [0, 0.1) is 0 Å². The second-order valence-corrected chi connectivity index (χ2v) is 15.9. The normalized spacial score (nSPS) is 17.6. The van der Waals surface area contributed by atoms with Gasteiger partial charge in [-0.05, 0) is 127 Å². The average molecular weight is 732 g/mol. The molecule has 3 heterocycles. The summed E-state index contributed by atoms with van der Waals surface area (Å²) in [4.78, 5) is 2.61. The Balaban J connectivity index is 1.00. The van der Waals surface area contributed by atoms with E-state index in [0.717, 1.165) is 25.7 Å². The highest BCUT2D eigenvalue weighted by molar-refractivity contribution is 6.13. The molecule has 0 saturated heterocycles. The lowest BCUT2D eigenvalue weighted by atomic mass is 9.81. The Hall–Kier alpha value is -6.84. The molecule has 0 N–H and O–H groups in total. The van der Waals surface area contributed by atoms with Gasteiger partial charge in [-0.25, -0.2) is 0 Å². The molecule has 3 heteroatoms. The van der Waals surface area contributed by atoms with Crippen LogP contribution in [0.5, 0.6) is 0 Å². The number of anilines is 1. The lowest BCUT2D eigenvalue weighted by molar-refractivity contribution is 0.601. The first kappa shape index (κ1) is 32.4. The lowest BCUT2D eigenvalue weighted by Gasteiger charge is -2.33. The molecule has 0 spiro atoms. The summed E-state index contributed by atoms with van der Waals surface area (Å²) in [6.07, 6.45) is 14.2. The van der Waals surface area contributed by atoms with Crippen molar-refractivity contribution in [1.29, 1.82) is 0 Å². The van der Waals surface area contributed by atoms with Crippen molar-refractivity contribution in [2.24, 2.45) is 0 Å². The highest BCUT2D eigenvalue weighted by atomic mass is 15.2. The molecule has 12 rings (SSSR count). The van der Waals surface area contributed by atoms with Gasteiger partial charge in [0.2, 0.25) is 0 Å². The lowest BCUT2D eigenvalue weighted by Crippen LogP contribution is -2.32. The first-order chi connectivity index (χ1) is 28.3. The van der Waals surface area contributed by atoms with E-state index in [2.05, 4.69) is 202 Å². The number of benzene rings is 7. The number of aromatic nitrogens is 2. The monoisotopic (exact) mass is 731 g/mol. The summed E-state index contributed by atoms with van der Waals surface area (Å²) in [6, 6.07) is 61.1. The molecule has 2 unspecified atom stereocenters. The van der Waals surface area contributed by atoms with Crippen LogP contribution in [0.4, 0.5) is 5.69 Å². The molecule has 3 aliphatic rings. The molecule has 2 atom stereocenters. The standard InChI is InChI=1S/C54H41N3/c1-4-14-40(15-5-1)55-49-22-12-10-20-43(49)45-32-36(24-28-51(45)55)38-26-30-53-47(34-38)48-35-39(27-31-54(48)57(53)42-18-8-3-9-19-42)37-25-29-52-46(33-37)44-21-11-13-23-50(44)56(52)41-16-6-2-7-17-41/h1,3-6,8-24,26-28,30-35,37,52H,2,7,25,29H2. The van der Waals surface area contributed by atoms with E-state index >= 15 is 0 Å². The van der Waals surface area contributed by atoms with Crippen LogP contribution < -0.4 is 4.90 Å². The van der Waals surface area contributed by atoms with Gasteiger partial charge in [0.15, 0.2) is 0 Å². The van der Waals surface area contributed by atoms with E-state index in [0.29, 0.717) is 12.0 Å². The summed E-state index contributed by atoms with van der Waals surface area (Å²) in [7, 11) is 0. The number of hydrogen-bond donors (Lipinski definition) is 0. The highest BCUT2D eigenvalue weighted by Gasteiger charge is 2.38. The number of hydrogen-bond acceptors (Lipinski definition) is 1. The van der Waals surface area contributed by atoms with Crippen molar-refractivity contribution in [2.75, 3.05) is 4.90 Å². The molecule has 0 amide bonds. The van der Waals surface area contributed by atoms with Gasteiger partial charge in [0.1, 0.15) is 0 Å². The Morgan fingerprint density at radius 2 is 1.07 bits per heavy atom. The molecule has 0 saturated carbocycles. The first-order valence-corrected chi connectivity index (χ1v) is 20.5. The second kappa shape index (κ2) is 12.9. The van der Waals surface area contributed by atoms with Crippen molar-refractivity contribution < 1.29 is 0 Å². The Morgan fingerprint density at radius 3 is 1.77 bits per heavy atom. The van der Waals surface area contributed by atoms with Crippen molar-refractivity contribution in [2.45, 2.75) is 37.6 Å². The minimum atomic E-state index is 0.354. The fourth-order valence-electron chi connectivity index (χ4n) is 10.2. The topological polar surface area (TPSA) is 13.1 Å². The largest absolute Gasteiger partial charge is 0.334 e. The van der Waals surface area contributed by atoms with Gasteiger partial charge in [0, 0.05) is 55.8 Å². The van der Waals surface area contributed by atoms with Crippen molar-refractivity contribution in [3.05, 3.63) is 205 Å². The molecule has 2 aliphatic carbocycles. The van der Waals surface area contributed by atoms with Gasteiger partial charge >= 0.3 is 0 Å². The first-order valence-electron chi connectivity index (χ1n) is 20.5. The molecule has 57 heavy (non-hydrogen) atoms. The quantitative estimate of drug-likeness (QED) is 0.172. The fraction of sp³-hybridized carbons (Fsp3) is 0.111. The van der Waals surface area contributed by atoms with Crippen LogP contribution in [0.25, 0.3) is 71.7 Å². The van der Waals surface area contributed by atoms with Crippen molar-refractivity contribution >= 4 is 54.9 Å². The molecule has 1 aliphatic heterocycles. The van der Waals surface area contributed by atoms with Crippen molar-refractivity contribution in [3.63, 3.8) is 0 Å². The zero-order valence-electron chi connectivity index (χ0n) is 31.7. The van der Waals surface area contributed by atoms with Crippen LogP contribution in [0.2, 0.25) is 0 Å². The third-order valence-electron chi connectivity index (χ3n) is 12.8. The van der Waals surface area contributed by atoms with E-state index in [-0.39, 0.29) is 0 Å². The highest BCUT2D eigenvalue weighted by Crippen LogP contribution is 2.50. The van der Waals surface area contributed by atoms with Crippen molar-refractivity contribution in [1.82, 2.24) is 9.13 Å². The van der Waals surface area contributed by atoms with Gasteiger partial charge in [-0.1, -0.05) is 109 Å². The molecule has 272 valence electrons. The van der Waals surface area contributed by atoms with Crippen LogP contribution in [-0.4, -0.2) is 15.2 Å². The van der Waals surface area contributed by atoms with E-state index in [9.17, 15) is 0 Å². The zero-order valence-corrected chi connectivity index (χ0v) is 31.7. The van der Waals surface area contributed by atoms with Gasteiger partial charge < -0.3 is 14.0 Å². The van der Waals surface area contributed by atoms with Crippen molar-refractivity contribution in [3.8, 4) is 22.5 Å². The average Bonchev–Trinajstić information content (AvgIpc) is 3.92. The molecule has 0 fully saturated rings. The summed E-state index contributed by atoms with van der Waals surface area (Å²) >= 11 is 0. The Labute approximate surface area is 332 Å². The van der Waals surface area contributed by atoms with E-state index < -0.39 is 0 Å². The Morgan fingerprint density at radius 1 is 0.474 bits per heavy atom. The molecular formula is C54H41N3. The predicted molar refractivity (Wildman–Crippen MR) is 240 cm³/mol. The van der Waals surface area contributed by atoms with Gasteiger partial charge in [-0.2, -0.15) is 0 Å². The molecule has 9 aromatic rings. The number of para-hydroxylation sites is 4. The maximum absolute atomic E-state index is 2.61. The maximum Gasteiger partial charge on any atom is 0.0595 e. The molecule has 0 bridgehead atoms. The maximum atomic E-state index is 2.61. The third-order valence-corrected chi connectivity index (χ3v) is 12.8. The van der Waals surface area contributed by atoms with Crippen LogP contribution in [0.1, 0.15) is 42.7 Å². The van der Waals surface area contributed by atoms with Crippen LogP contribution in [0.15, 0.2) is 194 Å². The summed E-state index contributed by atoms with van der Waals surface area (Å²) in [5.41, 5.74) is 16.7. The molecular weight excluding hydrogens is 691 g/mol. The Kier molecular flexibility index (Phi) is 7.31. The van der Waals surface area contributed by atoms with Gasteiger partial charge in [-0.3, -0.25) is 0 Å². The minimum absolute atomic E-state index is 0.354. The van der Waals surface area contributed by atoms with Crippen LogP contribution in [0.3, 0.4) is 0 Å². The van der Waals surface area contributed by atoms with Gasteiger partial charge in [-0.15, -0.1) is 0 Å². The SMILES string of the molecule is C1=CC(N2c3ccccc3C3=CC(c4ccc5c(c4)c4cc(-c6ccc7c(c6)c6ccccc6n7-c6ccccc6)ccc4n5-c4ccccc4)CCC32)=CCC1. The van der Waals surface area contributed by atoms with Crippen LogP contribution in [-0.2, 0) is 0 Å². The summed E-state index contributed by atoms with van der Waals surface area (Å²) in [6.45, 7) is 0. The predicted octanol–water partition coefficient (Wildman–Crippen LogP) is 13.9. The van der Waals surface area contributed by atoms with E-state index in [1.807, 2.05) is 0 Å². The fourth-order valence-corrected chi connectivity index (χ4v) is 10.2. The van der Waals surface area contributed by atoms with Crippen LogP contribution >= 0.6 is 0 Å². The zero-order chi connectivity index (χ0) is 37.5. The van der Waals surface area contributed by atoms with Gasteiger partial charge in [0.25, 0.3) is 0 Å². The smallest absolute Gasteiger partial charge is 0.0595 e. The number of rotatable bonds is 5. The Bertz CT molecular complexity index is 3140. The molecule has 3 nitrogen and oxygen atoms in total. The minimum Gasteiger partial charge on any atom is -0.334 e. The molecule has 7 aromatic carbocycles. The van der Waals surface area contributed by atoms with E-state index in [1.54, 1.807) is 0 Å². The number of allylic oxidation sites excluding steroid dienone is 4. The number of fused-ring (bicyclic) bond motifs is 9. The second-order valence-electron chi connectivity index (χ2n) is 15.9. The molecule has 2 aromatic heterocycles. The van der Waals surface area contributed by atoms with Gasteiger partial charge in [0.05, 0.1) is 28.1 Å². The van der Waals surface area contributed by atoms with E-state index in [4.69, 9.17) is 0 Å². The number of nitrogens with zero attached hydrogens (tertiary/aromatic N) is 3. The van der Waals surface area contributed by atoms with E-state index in [1.165, 1.54) is 94.2 Å². The summed E-state index contributed by atoms with van der Waals surface area (Å²) in [5, 5.41) is 5.14.